The molecule has 3 heterocycles. The molecule has 5 aromatic carbocycles. The number of nitrogens with zero attached hydrogens (tertiary/aromatic N) is 4. The lowest BCUT2D eigenvalue weighted by atomic mass is 9.77. The SMILES string of the molecule is CS(=O)(=O)c1ccc(C2CCCCN2c2ccnc3ccc(-c4cn(C(c5ccccc5)(c5ccccc5)c5ccccc5)nc4C(F)(F)F)cc23)cc1. The molecule has 1 saturated heterocycles. The first kappa shape index (κ1) is 35.3. The maximum Gasteiger partial charge on any atom is 0.435 e. The van der Waals surface area contributed by atoms with E-state index in [1.165, 1.54) is 17.1 Å². The minimum Gasteiger partial charge on any atom is -0.364 e. The summed E-state index contributed by atoms with van der Waals surface area (Å²) < 4.78 is 71.5. The number of piperidine rings is 1. The second kappa shape index (κ2) is 13.9. The molecule has 0 spiro atoms. The first-order valence-corrected chi connectivity index (χ1v) is 19.7. The van der Waals surface area contributed by atoms with Crippen molar-refractivity contribution in [3.8, 4) is 11.1 Å². The van der Waals surface area contributed by atoms with E-state index in [0.717, 1.165) is 59.1 Å². The fourth-order valence-corrected chi connectivity index (χ4v) is 8.59. The Labute approximate surface area is 312 Å². The molecular weight excluding hydrogens is 706 g/mol. The van der Waals surface area contributed by atoms with Gasteiger partial charge in [-0.25, -0.2) is 8.42 Å². The molecule has 8 rings (SSSR count). The number of sulfone groups is 1. The number of rotatable bonds is 8. The van der Waals surface area contributed by atoms with E-state index < -0.39 is 27.2 Å². The third kappa shape index (κ3) is 6.34. The highest BCUT2D eigenvalue weighted by Crippen LogP contribution is 2.45. The molecule has 0 bridgehead atoms. The van der Waals surface area contributed by atoms with Crippen LogP contribution in [0.25, 0.3) is 22.0 Å². The van der Waals surface area contributed by atoms with Gasteiger partial charge in [-0.2, -0.15) is 18.3 Å². The Bertz CT molecular complexity index is 2430. The largest absolute Gasteiger partial charge is 0.435 e. The minimum atomic E-state index is -4.76. The lowest BCUT2D eigenvalue weighted by Gasteiger charge is -2.38. The van der Waals surface area contributed by atoms with Gasteiger partial charge in [0.25, 0.3) is 0 Å². The number of alkyl halides is 3. The molecule has 6 nitrogen and oxygen atoms in total. The van der Waals surface area contributed by atoms with E-state index in [-0.39, 0.29) is 16.5 Å². The van der Waals surface area contributed by atoms with Crippen LogP contribution in [0.15, 0.2) is 157 Å². The summed E-state index contributed by atoms with van der Waals surface area (Å²) in [7, 11) is -3.35. The van der Waals surface area contributed by atoms with Crippen molar-refractivity contribution in [1.82, 2.24) is 14.8 Å². The quantitative estimate of drug-likeness (QED) is 0.145. The van der Waals surface area contributed by atoms with Crippen molar-refractivity contribution in [1.29, 1.82) is 0 Å². The standard InChI is InChI=1S/C44H37F3N4O2S/c1-54(52,53)36-23-20-31(21-24-36)40-19-11-12-28-50(40)41-26-27-48-39-25-22-32(29-37(39)41)38-30-51(49-42(38)44(45,46)47)43(33-13-5-2-6-14-33,34-15-7-3-8-16-34)35-17-9-4-10-18-35/h2-10,13-18,20-27,29-30,40H,11-12,19,28H2,1H3. The smallest absolute Gasteiger partial charge is 0.364 e. The van der Waals surface area contributed by atoms with Crippen LogP contribution in [0.4, 0.5) is 18.9 Å². The topological polar surface area (TPSA) is 68.1 Å². The maximum absolute atomic E-state index is 15.2. The van der Waals surface area contributed by atoms with Crippen molar-refractivity contribution in [2.75, 3.05) is 17.7 Å². The van der Waals surface area contributed by atoms with Gasteiger partial charge in [-0.15, -0.1) is 0 Å². The van der Waals surface area contributed by atoms with E-state index >= 15 is 13.2 Å². The van der Waals surface area contributed by atoms with E-state index in [9.17, 15) is 8.42 Å². The Kier molecular flexibility index (Phi) is 9.09. The molecule has 7 aromatic rings. The van der Waals surface area contributed by atoms with Gasteiger partial charge < -0.3 is 4.90 Å². The Morgan fingerprint density at radius 3 is 1.87 bits per heavy atom. The normalized spacial score (nSPS) is 15.4. The van der Waals surface area contributed by atoms with Gasteiger partial charge in [-0.05, 0) is 77.4 Å². The summed E-state index contributed by atoms with van der Waals surface area (Å²) in [5.41, 5.74) is 2.86. The predicted octanol–water partition coefficient (Wildman–Crippen LogP) is 10.1. The third-order valence-electron chi connectivity index (χ3n) is 10.4. The van der Waals surface area contributed by atoms with Crippen LogP contribution < -0.4 is 4.90 Å². The van der Waals surface area contributed by atoms with Gasteiger partial charge in [-0.3, -0.25) is 9.67 Å². The molecule has 1 unspecified atom stereocenters. The molecule has 0 amide bonds. The van der Waals surface area contributed by atoms with Gasteiger partial charge in [0.15, 0.2) is 15.5 Å². The first-order valence-electron chi connectivity index (χ1n) is 17.8. The number of hydrogen-bond donors (Lipinski definition) is 0. The summed E-state index contributed by atoms with van der Waals surface area (Å²) in [5.74, 6) is 0. The van der Waals surface area contributed by atoms with Crippen molar-refractivity contribution in [3.63, 3.8) is 0 Å². The lowest BCUT2D eigenvalue weighted by Crippen LogP contribution is -2.38. The Balaban J connectivity index is 1.31. The van der Waals surface area contributed by atoms with Crippen molar-refractivity contribution >= 4 is 26.4 Å². The zero-order valence-corrected chi connectivity index (χ0v) is 30.3. The number of hydrogen-bond acceptors (Lipinski definition) is 5. The number of anilines is 1. The van der Waals surface area contributed by atoms with E-state index in [1.54, 1.807) is 36.5 Å². The number of pyridine rings is 1. The second-order valence-electron chi connectivity index (χ2n) is 13.8. The molecule has 0 radical (unpaired) electrons. The number of fused-ring (bicyclic) bond motifs is 1. The van der Waals surface area contributed by atoms with Crippen LogP contribution in [0.1, 0.15) is 53.3 Å². The van der Waals surface area contributed by atoms with Gasteiger partial charge in [0.1, 0.15) is 5.54 Å². The van der Waals surface area contributed by atoms with Gasteiger partial charge in [0.05, 0.1) is 16.5 Å². The van der Waals surface area contributed by atoms with Gasteiger partial charge >= 0.3 is 6.18 Å². The summed E-state index contributed by atoms with van der Waals surface area (Å²) in [4.78, 5) is 7.13. The van der Waals surface area contributed by atoms with E-state index in [0.29, 0.717) is 11.1 Å². The summed E-state index contributed by atoms with van der Waals surface area (Å²) >= 11 is 0. The second-order valence-corrected chi connectivity index (χ2v) is 15.8. The summed E-state index contributed by atoms with van der Waals surface area (Å²) in [6.45, 7) is 0.724. The molecule has 1 aliphatic rings. The van der Waals surface area contributed by atoms with Gasteiger partial charge in [0.2, 0.25) is 0 Å². The van der Waals surface area contributed by atoms with Crippen LogP contribution in [-0.2, 0) is 21.6 Å². The van der Waals surface area contributed by atoms with Crippen molar-refractivity contribution in [2.24, 2.45) is 0 Å². The van der Waals surface area contributed by atoms with Gasteiger partial charge in [-0.1, -0.05) is 109 Å². The molecule has 0 aliphatic carbocycles. The molecule has 10 heteroatoms. The molecular formula is C44H37F3N4O2S. The van der Waals surface area contributed by atoms with Crippen LogP contribution in [0, 0.1) is 0 Å². The molecule has 2 aromatic heterocycles. The predicted molar refractivity (Wildman–Crippen MR) is 206 cm³/mol. The first-order chi connectivity index (χ1) is 26.0. The average molecular weight is 743 g/mol. The number of aromatic nitrogens is 3. The summed E-state index contributed by atoms with van der Waals surface area (Å²) in [6.07, 6.45) is 2.44. The zero-order valence-electron chi connectivity index (χ0n) is 29.5. The fraction of sp³-hybridized carbons (Fsp3) is 0.182. The maximum atomic E-state index is 15.2. The highest BCUT2D eigenvalue weighted by Gasteiger charge is 2.44. The van der Waals surface area contributed by atoms with Crippen molar-refractivity contribution < 1.29 is 21.6 Å². The highest BCUT2D eigenvalue weighted by atomic mass is 32.2. The Hall–Kier alpha value is -5.74. The number of benzene rings is 5. The summed E-state index contributed by atoms with van der Waals surface area (Å²) in [5, 5.41) is 5.17. The molecule has 1 fully saturated rings. The minimum absolute atomic E-state index is 0.0436. The molecule has 1 aliphatic heterocycles. The lowest BCUT2D eigenvalue weighted by molar-refractivity contribution is -0.141. The monoisotopic (exact) mass is 742 g/mol. The molecule has 0 N–H and O–H groups in total. The zero-order chi connectivity index (χ0) is 37.5. The third-order valence-corrected chi connectivity index (χ3v) is 11.6. The Morgan fingerprint density at radius 1 is 0.722 bits per heavy atom. The highest BCUT2D eigenvalue weighted by molar-refractivity contribution is 7.90. The molecule has 0 saturated carbocycles. The van der Waals surface area contributed by atoms with Crippen molar-refractivity contribution in [3.05, 3.63) is 180 Å². The molecule has 54 heavy (non-hydrogen) atoms. The number of halogens is 3. The van der Waals surface area contributed by atoms with Crippen LogP contribution in [0.2, 0.25) is 0 Å². The fourth-order valence-electron chi connectivity index (χ4n) is 7.95. The van der Waals surface area contributed by atoms with Crippen molar-refractivity contribution in [2.45, 2.75) is 41.9 Å². The van der Waals surface area contributed by atoms with Gasteiger partial charge in [0, 0.05) is 41.8 Å². The average Bonchev–Trinajstić information content (AvgIpc) is 3.66. The Morgan fingerprint density at radius 2 is 1.31 bits per heavy atom. The van der Waals surface area contributed by atoms with Crippen LogP contribution in [0.5, 0.6) is 0 Å². The van der Waals surface area contributed by atoms with Crippen LogP contribution >= 0.6 is 0 Å². The van der Waals surface area contributed by atoms with E-state index in [1.807, 2.05) is 109 Å². The van der Waals surface area contributed by atoms with E-state index in [4.69, 9.17) is 0 Å². The van der Waals surface area contributed by atoms with E-state index in [2.05, 4.69) is 15.0 Å². The summed E-state index contributed by atoms with van der Waals surface area (Å²) in [6, 6.07) is 42.6. The van der Waals surface area contributed by atoms with Crippen LogP contribution in [-0.4, -0.2) is 36.0 Å². The molecule has 1 atom stereocenters. The van der Waals surface area contributed by atoms with Crippen LogP contribution in [0.3, 0.4) is 0 Å². The molecule has 272 valence electrons.